The molecule has 31 heavy (non-hydrogen) atoms. The summed E-state index contributed by atoms with van der Waals surface area (Å²) in [6.45, 7) is 6.03. The van der Waals surface area contributed by atoms with E-state index in [1.807, 2.05) is 20.8 Å². The highest BCUT2D eigenvalue weighted by atomic mass is 16.5. The van der Waals surface area contributed by atoms with Gasteiger partial charge >= 0.3 is 12.1 Å². The molecule has 3 rings (SSSR count). The zero-order valence-electron chi connectivity index (χ0n) is 18.3. The topological polar surface area (TPSA) is 128 Å². The highest BCUT2D eigenvalue weighted by Gasteiger charge is 2.28. The zero-order chi connectivity index (χ0) is 22.5. The number of amides is 1. The molecule has 1 aliphatic carbocycles. The number of pyridine rings is 1. The van der Waals surface area contributed by atoms with Gasteiger partial charge in [-0.3, -0.25) is 10.1 Å². The van der Waals surface area contributed by atoms with E-state index < -0.39 is 12.1 Å². The first-order valence-electron chi connectivity index (χ1n) is 10.5. The maximum atomic E-state index is 12.1. The molecule has 2 aromatic heterocycles. The van der Waals surface area contributed by atoms with Gasteiger partial charge in [0.2, 0.25) is 0 Å². The van der Waals surface area contributed by atoms with Gasteiger partial charge in [0.05, 0.1) is 30.0 Å². The Balaban J connectivity index is 1.73. The summed E-state index contributed by atoms with van der Waals surface area (Å²) in [7, 11) is 1.67. The van der Waals surface area contributed by atoms with Crippen LogP contribution in [0.3, 0.4) is 0 Å². The smallest absolute Gasteiger partial charge is 0.412 e. The number of nitrogens with zero attached hydrogens (tertiary/aromatic N) is 4. The fourth-order valence-electron chi connectivity index (χ4n) is 3.51. The number of carbonyl (C=O) groups excluding carboxylic acids is 1. The second-order valence-electron chi connectivity index (χ2n) is 8.25. The molecule has 1 unspecified atom stereocenters. The molecule has 2 atom stereocenters. The normalized spacial score (nSPS) is 18.6. The third-order valence-electron chi connectivity index (χ3n) is 5.14. The highest BCUT2D eigenvalue weighted by Crippen LogP contribution is 2.31. The average molecular weight is 431 g/mol. The molecule has 1 amide bonds. The molecular weight excluding hydrogens is 402 g/mol. The Morgan fingerprint density at radius 3 is 2.77 bits per heavy atom. The van der Waals surface area contributed by atoms with Crippen molar-refractivity contribution < 1.29 is 24.2 Å². The first-order valence-corrected chi connectivity index (χ1v) is 10.5. The van der Waals surface area contributed by atoms with Gasteiger partial charge in [0, 0.05) is 7.05 Å². The summed E-state index contributed by atoms with van der Waals surface area (Å²) in [6.07, 6.45) is 2.10. The summed E-state index contributed by atoms with van der Waals surface area (Å²) in [6, 6.07) is 3.53. The first-order chi connectivity index (χ1) is 14.7. The summed E-state index contributed by atoms with van der Waals surface area (Å²) in [5, 5.41) is 20.1. The van der Waals surface area contributed by atoms with E-state index in [1.165, 1.54) is 4.68 Å². The van der Waals surface area contributed by atoms with Gasteiger partial charge in [0.1, 0.15) is 5.75 Å². The third kappa shape index (κ3) is 5.71. The van der Waals surface area contributed by atoms with Crippen LogP contribution in [0.4, 0.5) is 10.6 Å². The Kier molecular flexibility index (Phi) is 7.09. The molecule has 0 aromatic carbocycles. The van der Waals surface area contributed by atoms with Crippen LogP contribution in [-0.4, -0.2) is 49.9 Å². The molecule has 168 valence electrons. The lowest BCUT2D eigenvalue weighted by molar-refractivity contribution is -0.143. The Labute approximate surface area is 181 Å². The van der Waals surface area contributed by atoms with Gasteiger partial charge in [-0.05, 0) is 50.7 Å². The lowest BCUT2D eigenvalue weighted by Crippen LogP contribution is -2.29. The van der Waals surface area contributed by atoms with E-state index in [-0.39, 0.29) is 17.9 Å². The maximum Gasteiger partial charge on any atom is 0.412 e. The minimum atomic E-state index is -0.770. The van der Waals surface area contributed by atoms with E-state index in [0.29, 0.717) is 48.1 Å². The minimum absolute atomic E-state index is 0.148. The van der Waals surface area contributed by atoms with E-state index in [0.717, 1.165) is 12.8 Å². The first kappa shape index (κ1) is 22.5. The molecular formula is C21H29N5O5. The van der Waals surface area contributed by atoms with E-state index in [2.05, 4.69) is 20.6 Å². The van der Waals surface area contributed by atoms with Crippen LogP contribution >= 0.6 is 0 Å². The molecule has 2 heterocycles. The molecule has 1 aliphatic rings. The van der Waals surface area contributed by atoms with E-state index in [4.69, 9.17) is 9.47 Å². The number of aryl methyl sites for hydroxylation is 2. The van der Waals surface area contributed by atoms with Crippen molar-refractivity contribution in [3.63, 3.8) is 0 Å². The molecule has 1 saturated carbocycles. The number of carbonyl (C=O) groups is 2. The molecule has 0 radical (unpaired) electrons. The number of aliphatic carboxylic acids is 1. The maximum absolute atomic E-state index is 12.1. The van der Waals surface area contributed by atoms with Crippen LogP contribution in [0.25, 0.3) is 11.4 Å². The molecule has 2 aromatic rings. The third-order valence-corrected chi connectivity index (χ3v) is 5.14. The number of ether oxygens (including phenoxy) is 2. The van der Waals surface area contributed by atoms with Crippen molar-refractivity contribution in [1.82, 2.24) is 20.0 Å². The number of carboxylic acids is 1. The summed E-state index contributed by atoms with van der Waals surface area (Å²) < 4.78 is 12.7. The van der Waals surface area contributed by atoms with Crippen LogP contribution in [0.1, 0.15) is 45.2 Å². The highest BCUT2D eigenvalue weighted by molar-refractivity contribution is 5.88. The molecule has 0 saturated heterocycles. The van der Waals surface area contributed by atoms with Crippen molar-refractivity contribution in [3.05, 3.63) is 17.8 Å². The van der Waals surface area contributed by atoms with Gasteiger partial charge < -0.3 is 14.6 Å². The number of hydrogen-bond donors (Lipinski definition) is 2. The number of aromatic nitrogens is 4. The second kappa shape index (κ2) is 9.76. The van der Waals surface area contributed by atoms with Crippen LogP contribution in [0.15, 0.2) is 12.1 Å². The molecule has 2 N–H and O–H groups in total. The molecule has 0 aliphatic heterocycles. The standard InChI is InChI=1S/C21H29N5O5/c1-12(2)11-30-21(29)23-19-18(24-25-26(19)4)16-8-9-17(13(3)22-16)31-15-7-5-6-14(10-15)20(27)28/h8-9,12,14-15H,5-7,10-11H2,1-4H3,(H,23,29)(H,27,28)/t14?,15-/m0/s1. The van der Waals surface area contributed by atoms with E-state index in [9.17, 15) is 14.7 Å². The number of hydrogen-bond acceptors (Lipinski definition) is 7. The molecule has 0 bridgehead atoms. The number of carboxylic acid groups (broad SMARTS) is 1. The SMILES string of the molecule is Cc1nc(-c2nnn(C)c2NC(=O)OCC(C)C)ccc1O[C@H]1CCCC(C(=O)O)C1. The van der Waals surface area contributed by atoms with Crippen molar-refractivity contribution in [2.24, 2.45) is 18.9 Å². The summed E-state index contributed by atoms with van der Waals surface area (Å²) >= 11 is 0. The zero-order valence-corrected chi connectivity index (χ0v) is 18.3. The predicted molar refractivity (Wildman–Crippen MR) is 113 cm³/mol. The summed E-state index contributed by atoms with van der Waals surface area (Å²) in [4.78, 5) is 27.9. The Bertz CT molecular complexity index is 942. The van der Waals surface area contributed by atoms with Crippen LogP contribution in [-0.2, 0) is 16.6 Å². The van der Waals surface area contributed by atoms with Crippen LogP contribution in [0, 0.1) is 18.8 Å². The van der Waals surface area contributed by atoms with Gasteiger partial charge in [0.25, 0.3) is 0 Å². The fourth-order valence-corrected chi connectivity index (χ4v) is 3.51. The summed E-state index contributed by atoms with van der Waals surface area (Å²) in [5.41, 5.74) is 1.60. The van der Waals surface area contributed by atoms with Crippen LogP contribution in [0.5, 0.6) is 5.75 Å². The van der Waals surface area contributed by atoms with Gasteiger partial charge in [-0.25, -0.2) is 14.5 Å². The lowest BCUT2D eigenvalue weighted by Gasteiger charge is -2.27. The molecule has 10 heteroatoms. The minimum Gasteiger partial charge on any atom is -0.489 e. The second-order valence-corrected chi connectivity index (χ2v) is 8.25. The average Bonchev–Trinajstić information content (AvgIpc) is 3.08. The molecule has 10 nitrogen and oxygen atoms in total. The van der Waals surface area contributed by atoms with E-state index >= 15 is 0 Å². The van der Waals surface area contributed by atoms with E-state index in [1.54, 1.807) is 19.2 Å². The van der Waals surface area contributed by atoms with Crippen molar-refractivity contribution in [3.8, 4) is 17.1 Å². The predicted octanol–water partition coefficient (Wildman–Crippen LogP) is 3.41. The van der Waals surface area contributed by atoms with Gasteiger partial charge in [-0.2, -0.15) is 0 Å². The fraction of sp³-hybridized carbons (Fsp3) is 0.571. The van der Waals surface area contributed by atoms with Gasteiger partial charge in [-0.15, -0.1) is 5.10 Å². The van der Waals surface area contributed by atoms with Crippen molar-refractivity contribution in [1.29, 1.82) is 0 Å². The largest absolute Gasteiger partial charge is 0.489 e. The van der Waals surface area contributed by atoms with Crippen molar-refractivity contribution in [2.45, 2.75) is 52.6 Å². The number of rotatable bonds is 7. The Morgan fingerprint density at radius 2 is 2.10 bits per heavy atom. The quantitative estimate of drug-likeness (QED) is 0.682. The van der Waals surface area contributed by atoms with Crippen molar-refractivity contribution >= 4 is 17.9 Å². The van der Waals surface area contributed by atoms with Crippen molar-refractivity contribution in [2.75, 3.05) is 11.9 Å². The Morgan fingerprint density at radius 1 is 1.32 bits per heavy atom. The molecule has 1 fully saturated rings. The van der Waals surface area contributed by atoms with Crippen LogP contribution < -0.4 is 10.1 Å². The lowest BCUT2D eigenvalue weighted by atomic mass is 9.87. The number of nitrogens with one attached hydrogen (secondary N) is 1. The molecule has 0 spiro atoms. The number of anilines is 1. The Hall–Kier alpha value is -3.17. The summed E-state index contributed by atoms with van der Waals surface area (Å²) in [5.74, 6) is 0.0742. The van der Waals surface area contributed by atoms with Gasteiger partial charge in [0.15, 0.2) is 11.5 Å². The van der Waals surface area contributed by atoms with Gasteiger partial charge in [-0.1, -0.05) is 19.1 Å². The van der Waals surface area contributed by atoms with Crippen LogP contribution in [0.2, 0.25) is 0 Å². The monoisotopic (exact) mass is 431 g/mol.